The molecule has 2 unspecified atom stereocenters. The molecule has 0 spiro atoms. The molecule has 0 bridgehead atoms. The summed E-state index contributed by atoms with van der Waals surface area (Å²) in [7, 11) is 3.25. The molecule has 4 aromatic rings. The molecule has 0 saturated carbocycles. The van der Waals surface area contributed by atoms with Crippen LogP contribution in [0.25, 0.3) is 17.2 Å². The number of hydrogen-bond acceptors (Lipinski definition) is 9. The predicted octanol–water partition coefficient (Wildman–Crippen LogP) is 4.58. The molecule has 2 atom stereocenters. The van der Waals surface area contributed by atoms with E-state index in [0.717, 1.165) is 16.8 Å². The highest BCUT2D eigenvalue weighted by molar-refractivity contribution is 8.01. The van der Waals surface area contributed by atoms with E-state index < -0.39 is 0 Å². The molecule has 1 aromatic carbocycles. The fourth-order valence-corrected chi connectivity index (χ4v) is 4.26. The molecule has 9 nitrogen and oxygen atoms in total. The predicted molar refractivity (Wildman–Crippen MR) is 133 cm³/mol. The monoisotopic (exact) mass is 477 g/mol. The van der Waals surface area contributed by atoms with Crippen molar-refractivity contribution in [3.63, 3.8) is 0 Å². The van der Waals surface area contributed by atoms with Crippen LogP contribution in [0, 0.1) is 13.8 Å². The number of aromatic nitrogens is 6. The molecule has 1 N–H and O–H groups in total. The lowest BCUT2D eigenvalue weighted by Crippen LogP contribution is -2.19. The Kier molecular flexibility index (Phi) is 7.39. The van der Waals surface area contributed by atoms with Gasteiger partial charge >= 0.3 is 0 Å². The maximum atomic E-state index is 5.71. The zero-order valence-corrected chi connectivity index (χ0v) is 20.6. The zero-order chi connectivity index (χ0) is 24.1. The van der Waals surface area contributed by atoms with Gasteiger partial charge in [0.25, 0.3) is 0 Å². The minimum atomic E-state index is -0.299. The summed E-state index contributed by atoms with van der Waals surface area (Å²) in [6, 6.07) is 13.6. The number of benzene rings is 1. The fraction of sp³-hybridized carbons (Fsp3) is 0.292. The molecule has 0 amide bonds. The molecule has 3 heterocycles. The Bertz CT molecular complexity index is 1250. The lowest BCUT2D eigenvalue weighted by atomic mass is 10.2. The number of pyridine rings is 1. The second-order valence-electron chi connectivity index (χ2n) is 7.73. The molecule has 0 aliphatic rings. The molecule has 4 rings (SSSR count). The van der Waals surface area contributed by atoms with Crippen molar-refractivity contribution in [3.05, 3.63) is 71.8 Å². The van der Waals surface area contributed by atoms with Gasteiger partial charge in [-0.15, -0.1) is 10.2 Å². The van der Waals surface area contributed by atoms with Crippen LogP contribution in [-0.4, -0.2) is 49.2 Å². The van der Waals surface area contributed by atoms with Gasteiger partial charge < -0.3 is 9.47 Å². The van der Waals surface area contributed by atoms with Gasteiger partial charge in [0.15, 0.2) is 11.6 Å². The number of methoxy groups -OCH3 is 2. The van der Waals surface area contributed by atoms with E-state index >= 15 is 0 Å². The smallest absolute Gasteiger partial charge is 0.239 e. The molecule has 0 fully saturated rings. The summed E-state index contributed by atoms with van der Waals surface area (Å²) in [6.45, 7) is 6.06. The van der Waals surface area contributed by atoms with Gasteiger partial charge in [-0.05, 0) is 56.0 Å². The third-order valence-electron chi connectivity index (χ3n) is 5.25. The van der Waals surface area contributed by atoms with Crippen LogP contribution in [-0.2, 0) is 4.74 Å². The lowest BCUT2D eigenvalue weighted by Gasteiger charge is -2.21. The van der Waals surface area contributed by atoms with Gasteiger partial charge in [0.1, 0.15) is 11.8 Å². The molecule has 0 saturated heterocycles. The molecule has 3 aromatic heterocycles. The summed E-state index contributed by atoms with van der Waals surface area (Å²) in [6.07, 6.45) is 3.29. The van der Waals surface area contributed by atoms with Crippen LogP contribution in [0.4, 0.5) is 5.95 Å². The highest BCUT2D eigenvalue weighted by Crippen LogP contribution is 2.31. The maximum absolute atomic E-state index is 5.71. The molecule has 0 aliphatic carbocycles. The Morgan fingerprint density at radius 2 is 1.74 bits per heavy atom. The van der Waals surface area contributed by atoms with Crippen molar-refractivity contribution in [1.82, 2.24) is 29.7 Å². The van der Waals surface area contributed by atoms with Gasteiger partial charge in [0.05, 0.1) is 18.0 Å². The fourth-order valence-electron chi connectivity index (χ4n) is 3.48. The first-order valence-corrected chi connectivity index (χ1v) is 11.7. The van der Waals surface area contributed by atoms with Crippen LogP contribution in [0.2, 0.25) is 0 Å². The second kappa shape index (κ2) is 10.6. The van der Waals surface area contributed by atoms with Gasteiger partial charge in [-0.3, -0.25) is 9.29 Å². The van der Waals surface area contributed by atoms with Crippen molar-refractivity contribution < 1.29 is 9.47 Å². The summed E-state index contributed by atoms with van der Waals surface area (Å²) in [5.74, 6) is 2.33. The number of ether oxygens (including phenoxy) is 2. The van der Waals surface area contributed by atoms with Crippen LogP contribution in [0.5, 0.6) is 5.88 Å². The Hall–Kier alpha value is -3.50. The first kappa shape index (κ1) is 23.7. The van der Waals surface area contributed by atoms with E-state index in [9.17, 15) is 0 Å². The number of nitrogens with zero attached hydrogens (tertiary/aromatic N) is 6. The normalized spacial score (nSPS) is 12.9. The summed E-state index contributed by atoms with van der Waals surface area (Å²) < 4.78 is 16.3. The van der Waals surface area contributed by atoms with Gasteiger partial charge in [0, 0.05) is 25.6 Å². The van der Waals surface area contributed by atoms with Crippen molar-refractivity contribution in [3.8, 4) is 23.1 Å². The largest absolute Gasteiger partial charge is 0.481 e. The number of para-hydroxylation sites is 1. The minimum Gasteiger partial charge on any atom is -0.481 e. The average Bonchev–Trinajstić information content (AvgIpc) is 3.28. The van der Waals surface area contributed by atoms with E-state index in [1.807, 2.05) is 61.7 Å². The Morgan fingerprint density at radius 1 is 0.971 bits per heavy atom. The van der Waals surface area contributed by atoms with E-state index in [0.29, 0.717) is 29.2 Å². The van der Waals surface area contributed by atoms with Gasteiger partial charge in [-0.25, -0.2) is 15.0 Å². The van der Waals surface area contributed by atoms with Crippen molar-refractivity contribution in [2.45, 2.75) is 32.1 Å². The standard InChI is InChI=1S/C24H27N7O2S/c1-15-13-25-22(26-14-15)21(33-5)17(3)34-30-24-29-28-23(18-10-8-12-20(27-18)32-4)31(24)19-11-7-6-9-16(19)2/h6-14,17,21H,1-5H3,(H,29,30). The first-order valence-electron chi connectivity index (χ1n) is 10.8. The van der Waals surface area contributed by atoms with E-state index in [2.05, 4.69) is 29.9 Å². The van der Waals surface area contributed by atoms with Crippen molar-refractivity contribution >= 4 is 17.9 Å². The third kappa shape index (κ3) is 5.02. The maximum Gasteiger partial charge on any atom is 0.239 e. The van der Waals surface area contributed by atoms with Crippen LogP contribution in [0.15, 0.2) is 54.9 Å². The van der Waals surface area contributed by atoms with E-state index in [1.54, 1.807) is 32.7 Å². The van der Waals surface area contributed by atoms with Crippen molar-refractivity contribution in [1.29, 1.82) is 0 Å². The van der Waals surface area contributed by atoms with Crippen LogP contribution in [0.1, 0.15) is 30.0 Å². The molecular weight excluding hydrogens is 450 g/mol. The number of anilines is 1. The summed E-state index contributed by atoms with van der Waals surface area (Å²) in [5.41, 5.74) is 3.69. The lowest BCUT2D eigenvalue weighted by molar-refractivity contribution is 0.0972. The number of nitrogens with one attached hydrogen (secondary N) is 1. The molecular formula is C24H27N7O2S. The van der Waals surface area contributed by atoms with E-state index in [-0.39, 0.29) is 11.4 Å². The molecule has 0 radical (unpaired) electrons. The van der Waals surface area contributed by atoms with E-state index in [1.165, 1.54) is 11.9 Å². The van der Waals surface area contributed by atoms with Crippen LogP contribution >= 0.6 is 11.9 Å². The highest BCUT2D eigenvalue weighted by Gasteiger charge is 2.24. The molecule has 34 heavy (non-hydrogen) atoms. The second-order valence-corrected chi connectivity index (χ2v) is 8.92. The minimum absolute atomic E-state index is 0.0203. The number of hydrogen-bond donors (Lipinski definition) is 1. The van der Waals surface area contributed by atoms with Gasteiger partial charge in [-0.2, -0.15) is 0 Å². The molecule has 0 aliphatic heterocycles. The van der Waals surface area contributed by atoms with Crippen LogP contribution < -0.4 is 9.46 Å². The van der Waals surface area contributed by atoms with Crippen LogP contribution in [0.3, 0.4) is 0 Å². The quantitative estimate of drug-likeness (QED) is 0.347. The van der Waals surface area contributed by atoms with Gasteiger partial charge in [0.2, 0.25) is 11.8 Å². The summed E-state index contributed by atoms with van der Waals surface area (Å²) in [5, 5.41) is 8.87. The van der Waals surface area contributed by atoms with E-state index in [4.69, 9.17) is 9.47 Å². The number of rotatable bonds is 9. The third-order valence-corrected chi connectivity index (χ3v) is 6.17. The molecule has 176 valence electrons. The van der Waals surface area contributed by atoms with Crippen molar-refractivity contribution in [2.24, 2.45) is 0 Å². The average molecular weight is 478 g/mol. The Balaban J connectivity index is 1.66. The highest BCUT2D eigenvalue weighted by atomic mass is 32.2. The zero-order valence-electron chi connectivity index (χ0n) is 19.8. The Labute approximate surface area is 203 Å². The summed E-state index contributed by atoms with van der Waals surface area (Å²) >= 11 is 1.47. The van der Waals surface area contributed by atoms with Crippen molar-refractivity contribution in [2.75, 3.05) is 18.9 Å². The SMILES string of the molecule is COc1cccc(-c2nnc(NSC(C)C(OC)c3ncc(C)cn3)n2-c2ccccc2C)n1. The summed E-state index contributed by atoms with van der Waals surface area (Å²) in [4.78, 5) is 13.4. The topological polar surface area (TPSA) is 99.9 Å². The van der Waals surface area contributed by atoms with Gasteiger partial charge in [-0.1, -0.05) is 24.3 Å². The first-order chi connectivity index (χ1) is 16.5. The molecule has 10 heteroatoms. The number of aryl methyl sites for hydroxylation is 2. The Morgan fingerprint density at radius 3 is 2.44 bits per heavy atom.